The third-order valence-corrected chi connectivity index (χ3v) is 4.78. The monoisotopic (exact) mass is 389 g/mol. The number of carbonyl (C=O) groups is 2. The van der Waals surface area contributed by atoms with Crippen molar-refractivity contribution >= 4 is 11.9 Å². The molecule has 2 rings (SSSR count). The van der Waals surface area contributed by atoms with Crippen molar-refractivity contribution in [3.63, 3.8) is 0 Å². The molecule has 0 aliphatic carbocycles. The first-order valence-corrected chi connectivity index (χ1v) is 8.99. The molecule has 0 unspecified atom stereocenters. The minimum Gasteiger partial charge on any atom is -0.493 e. The molecule has 0 bridgehead atoms. The van der Waals surface area contributed by atoms with Crippen LogP contribution in [0.25, 0.3) is 0 Å². The van der Waals surface area contributed by atoms with E-state index in [1.54, 1.807) is 22.9 Å². The maximum Gasteiger partial charge on any atom is 0.305 e. The Morgan fingerprint density at radius 1 is 1.21 bits per heavy atom. The first-order chi connectivity index (χ1) is 13.3. The van der Waals surface area contributed by atoms with E-state index in [9.17, 15) is 14.7 Å². The lowest BCUT2D eigenvalue weighted by Crippen LogP contribution is -2.30. The predicted molar refractivity (Wildman–Crippen MR) is 104 cm³/mol. The number of methoxy groups -OCH3 is 2. The predicted octanol–water partition coefficient (Wildman–Crippen LogP) is 2.32. The van der Waals surface area contributed by atoms with Crippen LogP contribution >= 0.6 is 0 Å². The van der Waals surface area contributed by atoms with Gasteiger partial charge in [0.05, 0.1) is 32.4 Å². The summed E-state index contributed by atoms with van der Waals surface area (Å²) in [7, 11) is 4.90. The second-order valence-corrected chi connectivity index (χ2v) is 6.61. The summed E-state index contributed by atoms with van der Waals surface area (Å²) in [6.45, 7) is 3.88. The summed E-state index contributed by atoms with van der Waals surface area (Å²) in [6, 6.07) is 4.44. The number of aryl methyl sites for hydroxylation is 2. The van der Waals surface area contributed by atoms with Crippen molar-refractivity contribution in [3.8, 4) is 11.5 Å². The van der Waals surface area contributed by atoms with Gasteiger partial charge in [-0.1, -0.05) is 6.07 Å². The van der Waals surface area contributed by atoms with Gasteiger partial charge in [-0.3, -0.25) is 14.3 Å². The van der Waals surface area contributed by atoms with Crippen LogP contribution in [0, 0.1) is 13.8 Å². The summed E-state index contributed by atoms with van der Waals surface area (Å²) in [5.41, 5.74) is 3.60. The van der Waals surface area contributed by atoms with Crippen molar-refractivity contribution in [1.29, 1.82) is 0 Å². The number of hydrogen-bond donors (Lipinski definition) is 2. The van der Waals surface area contributed by atoms with Crippen molar-refractivity contribution in [2.24, 2.45) is 7.05 Å². The normalized spacial score (nSPS) is 11.8. The second-order valence-electron chi connectivity index (χ2n) is 6.61. The molecule has 2 N–H and O–H groups in total. The van der Waals surface area contributed by atoms with E-state index < -0.39 is 12.0 Å². The van der Waals surface area contributed by atoms with Gasteiger partial charge in [0.25, 0.3) is 0 Å². The number of rotatable bonds is 9. The van der Waals surface area contributed by atoms with E-state index in [-0.39, 0.29) is 18.7 Å². The maximum atomic E-state index is 12.5. The van der Waals surface area contributed by atoms with Gasteiger partial charge in [-0.15, -0.1) is 0 Å². The third kappa shape index (κ3) is 5.03. The Kier molecular flexibility index (Phi) is 7.03. The van der Waals surface area contributed by atoms with E-state index in [4.69, 9.17) is 9.47 Å². The van der Waals surface area contributed by atoms with Gasteiger partial charge in [0.1, 0.15) is 0 Å². The van der Waals surface area contributed by atoms with Crippen LogP contribution in [-0.4, -0.2) is 41.0 Å². The summed E-state index contributed by atoms with van der Waals surface area (Å²) in [5, 5.41) is 16.4. The number of aromatic nitrogens is 2. The number of amides is 1. The molecule has 0 saturated heterocycles. The largest absolute Gasteiger partial charge is 0.493 e. The number of benzene rings is 1. The van der Waals surface area contributed by atoms with Gasteiger partial charge < -0.3 is 19.9 Å². The van der Waals surface area contributed by atoms with Crippen LogP contribution in [0.15, 0.2) is 18.2 Å². The molecule has 2 aromatic rings. The molecule has 1 aromatic heterocycles. The minimum absolute atomic E-state index is 0.219. The van der Waals surface area contributed by atoms with Gasteiger partial charge >= 0.3 is 5.97 Å². The Bertz CT molecular complexity index is 860. The lowest BCUT2D eigenvalue weighted by molar-refractivity contribution is -0.137. The van der Waals surface area contributed by atoms with Crippen molar-refractivity contribution < 1.29 is 24.2 Å². The number of carbonyl (C=O) groups excluding carboxylic acids is 1. The molecule has 8 heteroatoms. The first-order valence-electron chi connectivity index (χ1n) is 8.99. The molecule has 0 aliphatic heterocycles. The van der Waals surface area contributed by atoms with E-state index in [0.29, 0.717) is 23.5 Å². The summed E-state index contributed by atoms with van der Waals surface area (Å²) in [5.74, 6) is -0.205. The van der Waals surface area contributed by atoms with Gasteiger partial charge in [-0.25, -0.2) is 0 Å². The van der Waals surface area contributed by atoms with Gasteiger partial charge in [0.2, 0.25) is 5.91 Å². The second kappa shape index (κ2) is 9.25. The zero-order valence-electron chi connectivity index (χ0n) is 16.9. The highest BCUT2D eigenvalue weighted by Gasteiger charge is 2.20. The Hall–Kier alpha value is -3.03. The molecule has 1 heterocycles. The number of aliphatic carboxylic acids is 1. The standard InChI is InChI=1S/C20H27N3O5/c1-12-15(13(2)23(3)22-12)7-9-19(24)21-16(11-20(25)26)14-6-8-17(27-4)18(10-14)28-5/h6,8,10,16H,7,9,11H2,1-5H3,(H,21,24)(H,25,26)/t16-/m0/s1. The van der Waals surface area contributed by atoms with E-state index in [0.717, 1.165) is 17.0 Å². The van der Waals surface area contributed by atoms with Gasteiger partial charge in [-0.2, -0.15) is 5.10 Å². The number of nitrogens with zero attached hydrogens (tertiary/aromatic N) is 2. The van der Waals surface area contributed by atoms with E-state index in [2.05, 4.69) is 10.4 Å². The van der Waals surface area contributed by atoms with Gasteiger partial charge in [-0.05, 0) is 43.5 Å². The van der Waals surface area contributed by atoms with Crippen molar-refractivity contribution in [2.75, 3.05) is 14.2 Å². The number of hydrogen-bond acceptors (Lipinski definition) is 5. The first kappa shape index (κ1) is 21.3. The fourth-order valence-corrected chi connectivity index (χ4v) is 3.18. The lowest BCUT2D eigenvalue weighted by atomic mass is 10.0. The highest BCUT2D eigenvalue weighted by molar-refractivity contribution is 5.78. The Morgan fingerprint density at radius 2 is 1.89 bits per heavy atom. The smallest absolute Gasteiger partial charge is 0.305 e. The molecule has 1 aromatic carbocycles. The summed E-state index contributed by atoms with van der Waals surface area (Å²) in [6.07, 6.45) is 0.562. The zero-order chi connectivity index (χ0) is 20.8. The van der Waals surface area contributed by atoms with Crippen LogP contribution in [0.1, 0.15) is 41.4 Å². The fraction of sp³-hybridized carbons (Fsp3) is 0.450. The van der Waals surface area contributed by atoms with Crippen LogP contribution in [0.4, 0.5) is 0 Å². The number of carboxylic acid groups (broad SMARTS) is 1. The molecule has 0 saturated carbocycles. The Balaban J connectivity index is 2.13. The number of nitrogens with one attached hydrogen (secondary N) is 1. The summed E-state index contributed by atoms with van der Waals surface area (Å²) in [4.78, 5) is 23.8. The molecular weight excluding hydrogens is 362 g/mol. The minimum atomic E-state index is -1.00. The maximum absolute atomic E-state index is 12.5. The third-order valence-electron chi connectivity index (χ3n) is 4.78. The van der Waals surface area contributed by atoms with Crippen LogP contribution in [0.2, 0.25) is 0 Å². The molecule has 1 atom stereocenters. The Morgan fingerprint density at radius 3 is 2.43 bits per heavy atom. The van der Waals surface area contributed by atoms with Crippen molar-refractivity contribution in [2.45, 2.75) is 39.2 Å². The van der Waals surface area contributed by atoms with E-state index in [1.807, 2.05) is 20.9 Å². The average molecular weight is 389 g/mol. The molecular formula is C20H27N3O5. The highest BCUT2D eigenvalue weighted by Crippen LogP contribution is 2.31. The van der Waals surface area contributed by atoms with Crippen molar-refractivity contribution in [1.82, 2.24) is 15.1 Å². The molecule has 0 fully saturated rings. The molecule has 1 amide bonds. The van der Waals surface area contributed by atoms with Crippen LogP contribution < -0.4 is 14.8 Å². The molecule has 0 aliphatic rings. The number of carboxylic acids is 1. The summed E-state index contributed by atoms with van der Waals surface area (Å²) < 4.78 is 12.3. The summed E-state index contributed by atoms with van der Waals surface area (Å²) >= 11 is 0. The van der Waals surface area contributed by atoms with Gasteiger partial charge in [0.15, 0.2) is 11.5 Å². The fourth-order valence-electron chi connectivity index (χ4n) is 3.18. The zero-order valence-corrected chi connectivity index (χ0v) is 16.9. The van der Waals surface area contributed by atoms with Crippen molar-refractivity contribution in [3.05, 3.63) is 40.7 Å². The molecule has 0 spiro atoms. The van der Waals surface area contributed by atoms with Crippen LogP contribution in [0.5, 0.6) is 11.5 Å². The average Bonchev–Trinajstić information content (AvgIpc) is 2.90. The molecule has 152 valence electrons. The highest BCUT2D eigenvalue weighted by atomic mass is 16.5. The van der Waals surface area contributed by atoms with E-state index in [1.165, 1.54) is 14.2 Å². The Labute approximate surface area is 164 Å². The number of ether oxygens (including phenoxy) is 2. The lowest BCUT2D eigenvalue weighted by Gasteiger charge is -2.19. The quantitative estimate of drug-likeness (QED) is 0.682. The topological polar surface area (TPSA) is 103 Å². The van der Waals surface area contributed by atoms with Gasteiger partial charge in [0, 0.05) is 19.2 Å². The molecule has 8 nitrogen and oxygen atoms in total. The van der Waals surface area contributed by atoms with Crippen LogP contribution in [-0.2, 0) is 23.1 Å². The van der Waals surface area contributed by atoms with E-state index >= 15 is 0 Å². The van der Waals surface area contributed by atoms with Crippen LogP contribution in [0.3, 0.4) is 0 Å². The molecule has 28 heavy (non-hydrogen) atoms. The molecule has 0 radical (unpaired) electrons. The SMILES string of the molecule is COc1ccc([C@H](CC(=O)O)NC(=O)CCc2c(C)nn(C)c2C)cc1OC.